The molecule has 6 heteroatoms. The lowest BCUT2D eigenvalue weighted by Gasteiger charge is -2.28. The topological polar surface area (TPSA) is 70.5 Å². The van der Waals surface area contributed by atoms with E-state index in [0.717, 1.165) is 23.5 Å². The summed E-state index contributed by atoms with van der Waals surface area (Å²) in [5, 5.41) is 9.06. The van der Waals surface area contributed by atoms with Gasteiger partial charge in [-0.2, -0.15) is 4.37 Å². The summed E-state index contributed by atoms with van der Waals surface area (Å²) in [7, 11) is 0. The Hall–Kier alpha value is -2.21. The zero-order chi connectivity index (χ0) is 14.1. The van der Waals surface area contributed by atoms with Crippen molar-refractivity contribution in [2.75, 3.05) is 6.54 Å². The van der Waals surface area contributed by atoms with Crippen molar-refractivity contribution in [3.8, 4) is 0 Å². The zero-order valence-corrected chi connectivity index (χ0v) is 11.4. The van der Waals surface area contributed by atoms with Crippen molar-refractivity contribution in [3.63, 3.8) is 0 Å². The average Bonchev–Trinajstić information content (AvgIpc) is 2.95. The van der Waals surface area contributed by atoms with Crippen LogP contribution < -0.4 is 0 Å². The van der Waals surface area contributed by atoms with Crippen molar-refractivity contribution >= 4 is 23.4 Å². The number of aromatic nitrogens is 1. The molecule has 1 aliphatic heterocycles. The maximum absolute atomic E-state index is 12.4. The van der Waals surface area contributed by atoms with E-state index in [1.807, 2.05) is 18.2 Å². The fraction of sp³-hybridized carbons (Fsp3) is 0.214. The van der Waals surface area contributed by atoms with Gasteiger partial charge in [0.2, 0.25) is 0 Å². The molecule has 1 aliphatic rings. The van der Waals surface area contributed by atoms with Crippen LogP contribution in [0.1, 0.15) is 31.2 Å². The van der Waals surface area contributed by atoms with Crippen LogP contribution in [0.2, 0.25) is 0 Å². The highest BCUT2D eigenvalue weighted by Gasteiger charge is 2.26. The van der Waals surface area contributed by atoms with E-state index in [1.165, 1.54) is 11.8 Å². The number of hydrogen-bond acceptors (Lipinski definition) is 4. The predicted molar refractivity (Wildman–Crippen MR) is 74.0 cm³/mol. The smallest absolute Gasteiger partial charge is 0.339 e. The molecule has 0 saturated heterocycles. The fourth-order valence-electron chi connectivity index (χ4n) is 2.36. The van der Waals surface area contributed by atoms with Crippen molar-refractivity contribution in [2.24, 2.45) is 0 Å². The number of carboxylic acids is 1. The lowest BCUT2D eigenvalue weighted by molar-refractivity contribution is 0.0673. The summed E-state index contributed by atoms with van der Waals surface area (Å²) in [5.74, 6) is -1.36. The maximum atomic E-state index is 12.4. The van der Waals surface area contributed by atoms with Gasteiger partial charge in [-0.25, -0.2) is 4.79 Å². The van der Waals surface area contributed by atoms with Crippen molar-refractivity contribution in [2.45, 2.75) is 13.0 Å². The van der Waals surface area contributed by atoms with Gasteiger partial charge in [-0.3, -0.25) is 4.79 Å². The SMILES string of the molecule is O=C(O)c1cnsc1C(=O)N1CCc2ccccc2C1. The average molecular weight is 288 g/mol. The summed E-state index contributed by atoms with van der Waals surface area (Å²) in [6.07, 6.45) is 2.03. The van der Waals surface area contributed by atoms with E-state index in [4.69, 9.17) is 5.11 Å². The third-order valence-electron chi connectivity index (χ3n) is 3.41. The molecule has 20 heavy (non-hydrogen) atoms. The van der Waals surface area contributed by atoms with Gasteiger partial charge in [-0.15, -0.1) is 0 Å². The largest absolute Gasteiger partial charge is 0.478 e. The molecule has 0 spiro atoms. The summed E-state index contributed by atoms with van der Waals surface area (Å²) in [6, 6.07) is 8.00. The number of hydrogen-bond donors (Lipinski definition) is 1. The molecule has 0 fully saturated rings. The predicted octanol–water partition coefficient (Wildman–Crippen LogP) is 2.04. The summed E-state index contributed by atoms with van der Waals surface area (Å²) in [5.41, 5.74) is 2.35. The van der Waals surface area contributed by atoms with Crippen LogP contribution in [0.3, 0.4) is 0 Å². The number of carbonyl (C=O) groups is 2. The molecule has 0 unspecified atom stereocenters. The standard InChI is InChI=1S/C14H12N2O3S/c17-13(12-11(14(18)19)7-15-20-12)16-6-5-9-3-1-2-4-10(9)8-16/h1-4,7H,5-6,8H2,(H,18,19). The maximum Gasteiger partial charge on any atom is 0.339 e. The van der Waals surface area contributed by atoms with E-state index in [2.05, 4.69) is 10.4 Å². The van der Waals surface area contributed by atoms with Gasteiger partial charge in [0.25, 0.3) is 5.91 Å². The lowest BCUT2D eigenvalue weighted by Crippen LogP contribution is -2.36. The quantitative estimate of drug-likeness (QED) is 0.918. The highest BCUT2D eigenvalue weighted by molar-refractivity contribution is 7.08. The molecule has 2 heterocycles. The number of amides is 1. The highest BCUT2D eigenvalue weighted by Crippen LogP contribution is 2.23. The number of nitrogens with zero attached hydrogens (tertiary/aromatic N) is 2. The number of benzene rings is 1. The Kier molecular flexibility index (Phi) is 3.23. The minimum atomic E-state index is -1.11. The van der Waals surface area contributed by atoms with Gasteiger partial charge in [-0.1, -0.05) is 24.3 Å². The van der Waals surface area contributed by atoms with Crippen LogP contribution >= 0.6 is 11.5 Å². The van der Waals surface area contributed by atoms with Crippen molar-refractivity contribution < 1.29 is 14.7 Å². The fourth-order valence-corrected chi connectivity index (χ4v) is 3.07. The lowest BCUT2D eigenvalue weighted by atomic mass is 10.00. The Balaban J connectivity index is 1.86. The van der Waals surface area contributed by atoms with E-state index < -0.39 is 5.97 Å². The monoisotopic (exact) mass is 288 g/mol. The second kappa shape index (κ2) is 5.05. The summed E-state index contributed by atoms with van der Waals surface area (Å²) < 4.78 is 3.82. The Morgan fingerprint density at radius 1 is 1.25 bits per heavy atom. The van der Waals surface area contributed by atoms with Gasteiger partial charge in [0.1, 0.15) is 10.4 Å². The number of fused-ring (bicyclic) bond motifs is 1. The van der Waals surface area contributed by atoms with Crippen LogP contribution in [0.4, 0.5) is 0 Å². The van der Waals surface area contributed by atoms with Gasteiger partial charge in [-0.05, 0) is 29.1 Å². The van der Waals surface area contributed by atoms with Crippen molar-refractivity contribution in [3.05, 3.63) is 52.0 Å². The number of carboxylic acid groups (broad SMARTS) is 1. The van der Waals surface area contributed by atoms with Crippen LogP contribution in [0, 0.1) is 0 Å². The first-order chi connectivity index (χ1) is 9.66. The molecule has 0 aliphatic carbocycles. The summed E-state index contributed by atoms with van der Waals surface area (Å²) in [6.45, 7) is 1.12. The highest BCUT2D eigenvalue weighted by atomic mass is 32.1. The first-order valence-electron chi connectivity index (χ1n) is 6.21. The molecular formula is C14H12N2O3S. The molecule has 0 bridgehead atoms. The Bertz CT molecular complexity index is 681. The summed E-state index contributed by atoms with van der Waals surface area (Å²) >= 11 is 0.939. The second-order valence-electron chi connectivity index (χ2n) is 4.62. The van der Waals surface area contributed by atoms with Crippen LogP contribution in [0.15, 0.2) is 30.5 Å². The van der Waals surface area contributed by atoms with E-state index in [0.29, 0.717) is 13.1 Å². The molecule has 1 amide bonds. The van der Waals surface area contributed by atoms with Crippen LogP contribution in [-0.4, -0.2) is 32.8 Å². The summed E-state index contributed by atoms with van der Waals surface area (Å²) in [4.78, 5) is 25.4. The molecule has 1 aromatic heterocycles. The van der Waals surface area contributed by atoms with E-state index in [9.17, 15) is 9.59 Å². The Morgan fingerprint density at radius 2 is 2.00 bits per heavy atom. The van der Waals surface area contributed by atoms with E-state index >= 15 is 0 Å². The molecule has 3 rings (SSSR count). The number of aromatic carboxylic acids is 1. The molecule has 0 radical (unpaired) electrons. The van der Waals surface area contributed by atoms with Crippen molar-refractivity contribution in [1.29, 1.82) is 0 Å². The van der Waals surface area contributed by atoms with Crippen LogP contribution in [0.25, 0.3) is 0 Å². The van der Waals surface area contributed by atoms with Gasteiger partial charge in [0, 0.05) is 13.1 Å². The van der Waals surface area contributed by atoms with E-state index in [-0.39, 0.29) is 16.3 Å². The van der Waals surface area contributed by atoms with Gasteiger partial charge < -0.3 is 10.0 Å². The number of carbonyl (C=O) groups excluding carboxylic acids is 1. The third kappa shape index (κ3) is 2.18. The first-order valence-corrected chi connectivity index (χ1v) is 6.98. The molecule has 102 valence electrons. The van der Waals surface area contributed by atoms with Crippen LogP contribution in [-0.2, 0) is 13.0 Å². The molecule has 1 N–H and O–H groups in total. The molecule has 5 nitrogen and oxygen atoms in total. The Labute approximate surface area is 119 Å². The molecular weight excluding hydrogens is 276 g/mol. The third-order valence-corrected chi connectivity index (χ3v) is 4.20. The van der Waals surface area contributed by atoms with Crippen LogP contribution in [0.5, 0.6) is 0 Å². The second-order valence-corrected chi connectivity index (χ2v) is 5.42. The molecule has 0 saturated carbocycles. The van der Waals surface area contributed by atoms with Crippen molar-refractivity contribution in [1.82, 2.24) is 9.27 Å². The van der Waals surface area contributed by atoms with Gasteiger partial charge in [0.05, 0.1) is 6.20 Å². The number of rotatable bonds is 2. The first kappa shape index (κ1) is 12.8. The molecule has 2 aromatic rings. The molecule has 1 aromatic carbocycles. The van der Waals surface area contributed by atoms with Gasteiger partial charge >= 0.3 is 5.97 Å². The zero-order valence-electron chi connectivity index (χ0n) is 10.6. The molecule has 0 atom stereocenters. The minimum absolute atomic E-state index is 0.0149. The van der Waals surface area contributed by atoms with Gasteiger partial charge in [0.15, 0.2) is 0 Å². The normalized spacial score (nSPS) is 13.9. The minimum Gasteiger partial charge on any atom is -0.478 e. The Morgan fingerprint density at radius 3 is 2.75 bits per heavy atom. The van der Waals surface area contributed by atoms with E-state index in [1.54, 1.807) is 4.90 Å².